The van der Waals surface area contributed by atoms with E-state index in [4.69, 9.17) is 4.74 Å². The lowest BCUT2D eigenvalue weighted by molar-refractivity contribution is 0.0511. The molecule has 70 valence electrons. The topological polar surface area (TPSA) is 29.5 Å². The Morgan fingerprint density at radius 2 is 2.50 bits per heavy atom. The van der Waals surface area contributed by atoms with Gasteiger partial charge in [-0.05, 0) is 31.6 Å². The second-order valence-corrected chi connectivity index (χ2v) is 3.46. The molecule has 1 aliphatic carbocycles. The molecule has 2 atom stereocenters. The van der Waals surface area contributed by atoms with Gasteiger partial charge in [-0.25, -0.2) is 0 Å². The largest absolute Gasteiger partial charge is 0.391 e. The maximum absolute atomic E-state index is 9.44. The van der Waals surface area contributed by atoms with Crippen molar-refractivity contribution in [3.05, 3.63) is 12.2 Å². The van der Waals surface area contributed by atoms with Crippen LogP contribution in [0, 0.1) is 5.92 Å². The first-order valence-corrected chi connectivity index (χ1v) is 4.66. The summed E-state index contributed by atoms with van der Waals surface area (Å²) < 4.78 is 4.87. The van der Waals surface area contributed by atoms with E-state index in [1.807, 2.05) is 0 Å². The van der Waals surface area contributed by atoms with Crippen LogP contribution in [-0.4, -0.2) is 24.9 Å². The minimum absolute atomic E-state index is 0.289. The van der Waals surface area contributed by atoms with Crippen LogP contribution in [0.4, 0.5) is 0 Å². The lowest BCUT2D eigenvalue weighted by Gasteiger charge is -2.19. The van der Waals surface area contributed by atoms with Gasteiger partial charge in [0.1, 0.15) is 0 Å². The average molecular weight is 170 g/mol. The molecule has 0 aliphatic heterocycles. The Bertz CT molecular complexity index is 143. The zero-order valence-corrected chi connectivity index (χ0v) is 7.70. The molecule has 1 N–H and O–H groups in total. The van der Waals surface area contributed by atoms with Gasteiger partial charge in [-0.3, -0.25) is 0 Å². The van der Waals surface area contributed by atoms with Crippen LogP contribution >= 0.6 is 0 Å². The smallest absolute Gasteiger partial charge is 0.0779 e. The summed E-state index contributed by atoms with van der Waals surface area (Å²) in [6, 6.07) is 0. The molecule has 0 bridgehead atoms. The third kappa shape index (κ3) is 3.37. The third-order valence-electron chi connectivity index (χ3n) is 2.29. The molecule has 0 aromatic carbocycles. The second-order valence-electron chi connectivity index (χ2n) is 3.46. The highest BCUT2D eigenvalue weighted by molar-refractivity contribution is 4.93. The molecule has 2 unspecified atom stereocenters. The van der Waals surface area contributed by atoms with E-state index in [0.717, 1.165) is 6.42 Å². The molecule has 12 heavy (non-hydrogen) atoms. The molecule has 1 rings (SSSR count). The normalized spacial score (nSPS) is 25.7. The zero-order valence-electron chi connectivity index (χ0n) is 7.70. The molecular weight excluding hydrogens is 152 g/mol. The summed E-state index contributed by atoms with van der Waals surface area (Å²) in [5.74, 6) is 0.573. The summed E-state index contributed by atoms with van der Waals surface area (Å²) in [6.07, 6.45) is 8.69. The molecule has 0 aromatic heterocycles. The van der Waals surface area contributed by atoms with Crippen molar-refractivity contribution in [2.45, 2.75) is 31.8 Å². The minimum Gasteiger partial charge on any atom is -0.391 e. The Morgan fingerprint density at radius 1 is 1.67 bits per heavy atom. The van der Waals surface area contributed by atoms with Crippen LogP contribution in [0.3, 0.4) is 0 Å². The van der Waals surface area contributed by atoms with Crippen molar-refractivity contribution in [3.63, 3.8) is 0 Å². The van der Waals surface area contributed by atoms with Crippen molar-refractivity contribution in [3.8, 4) is 0 Å². The summed E-state index contributed by atoms with van der Waals surface area (Å²) in [5.41, 5.74) is 0. The van der Waals surface area contributed by atoms with Gasteiger partial charge in [0.2, 0.25) is 0 Å². The van der Waals surface area contributed by atoms with E-state index in [9.17, 15) is 5.11 Å². The highest BCUT2D eigenvalue weighted by Gasteiger charge is 2.13. The highest BCUT2D eigenvalue weighted by Crippen LogP contribution is 2.21. The Hall–Kier alpha value is -0.340. The first-order valence-electron chi connectivity index (χ1n) is 4.66. The highest BCUT2D eigenvalue weighted by atomic mass is 16.5. The first kappa shape index (κ1) is 9.75. The summed E-state index contributed by atoms with van der Waals surface area (Å²) >= 11 is 0. The zero-order chi connectivity index (χ0) is 8.81. The lowest BCUT2D eigenvalue weighted by Crippen LogP contribution is -2.18. The van der Waals surface area contributed by atoms with Crippen molar-refractivity contribution in [1.82, 2.24) is 0 Å². The van der Waals surface area contributed by atoms with Gasteiger partial charge < -0.3 is 9.84 Å². The maximum atomic E-state index is 9.44. The molecule has 2 nitrogen and oxygen atoms in total. The van der Waals surface area contributed by atoms with Crippen molar-refractivity contribution >= 4 is 0 Å². The number of rotatable bonds is 4. The molecular formula is C10H18O2. The van der Waals surface area contributed by atoms with E-state index >= 15 is 0 Å². The minimum atomic E-state index is -0.289. The van der Waals surface area contributed by atoms with Gasteiger partial charge in [-0.1, -0.05) is 12.2 Å². The quantitative estimate of drug-likeness (QED) is 0.651. The number of methoxy groups -OCH3 is 1. The number of hydrogen-bond donors (Lipinski definition) is 1. The van der Waals surface area contributed by atoms with Crippen LogP contribution in [0.15, 0.2) is 12.2 Å². The van der Waals surface area contributed by atoms with E-state index in [2.05, 4.69) is 12.2 Å². The van der Waals surface area contributed by atoms with Gasteiger partial charge in [0.25, 0.3) is 0 Å². The van der Waals surface area contributed by atoms with Crippen molar-refractivity contribution in [2.75, 3.05) is 13.7 Å². The van der Waals surface area contributed by atoms with E-state index in [1.54, 1.807) is 7.11 Å². The van der Waals surface area contributed by atoms with E-state index in [0.29, 0.717) is 12.5 Å². The van der Waals surface area contributed by atoms with Crippen LogP contribution in [-0.2, 0) is 4.74 Å². The molecule has 0 spiro atoms. The van der Waals surface area contributed by atoms with Crippen LogP contribution in [0.2, 0.25) is 0 Å². The molecule has 0 heterocycles. The molecule has 0 radical (unpaired) electrons. The Morgan fingerprint density at radius 3 is 3.08 bits per heavy atom. The van der Waals surface area contributed by atoms with Crippen molar-refractivity contribution in [2.24, 2.45) is 5.92 Å². The van der Waals surface area contributed by atoms with Crippen molar-refractivity contribution in [1.29, 1.82) is 0 Å². The van der Waals surface area contributed by atoms with Gasteiger partial charge in [0.15, 0.2) is 0 Å². The Balaban J connectivity index is 2.20. The molecule has 0 saturated carbocycles. The summed E-state index contributed by atoms with van der Waals surface area (Å²) in [4.78, 5) is 0. The van der Waals surface area contributed by atoms with Gasteiger partial charge in [0.05, 0.1) is 12.7 Å². The summed E-state index contributed by atoms with van der Waals surface area (Å²) in [5, 5.41) is 9.44. The molecule has 0 aromatic rings. The fourth-order valence-corrected chi connectivity index (χ4v) is 1.69. The Kier molecular flexibility index (Phi) is 4.33. The summed E-state index contributed by atoms with van der Waals surface area (Å²) in [7, 11) is 1.62. The number of hydrogen-bond acceptors (Lipinski definition) is 2. The number of aliphatic hydroxyl groups excluding tert-OH is 1. The fourth-order valence-electron chi connectivity index (χ4n) is 1.69. The first-order chi connectivity index (χ1) is 5.83. The molecule has 0 amide bonds. The van der Waals surface area contributed by atoms with Crippen LogP contribution < -0.4 is 0 Å². The predicted octanol–water partition coefficient (Wildman–Crippen LogP) is 1.74. The second kappa shape index (κ2) is 5.33. The number of ether oxygens (including phenoxy) is 1. The van der Waals surface area contributed by atoms with Gasteiger partial charge in [0, 0.05) is 7.11 Å². The average Bonchev–Trinajstić information content (AvgIpc) is 2.06. The molecule has 0 saturated heterocycles. The summed E-state index contributed by atoms with van der Waals surface area (Å²) in [6.45, 7) is 0.463. The molecule has 1 aliphatic rings. The van der Waals surface area contributed by atoms with E-state index < -0.39 is 0 Å². The SMILES string of the molecule is COCC(O)CC1C=CCCC1. The van der Waals surface area contributed by atoms with Gasteiger partial charge >= 0.3 is 0 Å². The lowest BCUT2D eigenvalue weighted by atomic mass is 9.91. The molecule has 0 fully saturated rings. The monoisotopic (exact) mass is 170 g/mol. The van der Waals surface area contributed by atoms with Crippen LogP contribution in [0.5, 0.6) is 0 Å². The van der Waals surface area contributed by atoms with Gasteiger partial charge in [-0.15, -0.1) is 0 Å². The maximum Gasteiger partial charge on any atom is 0.0779 e. The number of allylic oxidation sites excluding steroid dienone is 2. The predicted molar refractivity (Wildman–Crippen MR) is 49.0 cm³/mol. The standard InChI is InChI=1S/C10H18O2/c1-12-8-10(11)7-9-5-3-2-4-6-9/h3,5,9-11H,2,4,6-8H2,1H3. The van der Waals surface area contributed by atoms with E-state index in [-0.39, 0.29) is 6.10 Å². The number of aliphatic hydroxyl groups is 1. The fraction of sp³-hybridized carbons (Fsp3) is 0.800. The van der Waals surface area contributed by atoms with Crippen LogP contribution in [0.25, 0.3) is 0 Å². The molecule has 2 heteroatoms. The van der Waals surface area contributed by atoms with Gasteiger partial charge in [-0.2, -0.15) is 0 Å². The third-order valence-corrected chi connectivity index (χ3v) is 2.29. The van der Waals surface area contributed by atoms with Crippen LogP contribution in [0.1, 0.15) is 25.7 Å². The van der Waals surface area contributed by atoms with Crippen molar-refractivity contribution < 1.29 is 9.84 Å². The van der Waals surface area contributed by atoms with E-state index in [1.165, 1.54) is 19.3 Å². The Labute approximate surface area is 74.2 Å².